The third-order valence-corrected chi connectivity index (χ3v) is 6.24. The molecule has 2 aliphatic rings. The van der Waals surface area contributed by atoms with E-state index >= 15 is 0 Å². The van der Waals surface area contributed by atoms with Crippen LogP contribution in [0.1, 0.15) is 91.9 Å². The first-order chi connectivity index (χ1) is 13.7. The van der Waals surface area contributed by atoms with E-state index in [0.29, 0.717) is 0 Å². The second-order valence-corrected chi connectivity index (χ2v) is 9.10. The Morgan fingerprint density at radius 2 is 1.00 bits per heavy atom. The van der Waals surface area contributed by atoms with Crippen molar-refractivity contribution in [1.29, 1.82) is 0 Å². The highest BCUT2D eigenvalue weighted by Crippen LogP contribution is 2.27. The third kappa shape index (κ3) is 6.40. The van der Waals surface area contributed by atoms with Crippen molar-refractivity contribution >= 4 is 11.8 Å². The van der Waals surface area contributed by atoms with E-state index in [1.165, 1.54) is 0 Å². The number of hydrogen-bond donors (Lipinski definition) is 2. The summed E-state index contributed by atoms with van der Waals surface area (Å²) in [7, 11) is 0. The predicted molar refractivity (Wildman–Crippen MR) is 111 cm³/mol. The lowest BCUT2D eigenvalue weighted by molar-refractivity contribution is -0.224. The standard InChI is InChI=1S/C22H40N2O5/c1-15(2)23(17-11-7-5-8-12-17)19(25)21(27)29-22(28)20(26)24(16(3)4)18-13-9-6-10-14-18/h15-18,21-22,27-28H,5-14H2,1-4H3. The molecule has 2 N–H and O–H groups in total. The molecule has 0 aromatic heterocycles. The van der Waals surface area contributed by atoms with Crippen LogP contribution in [0.4, 0.5) is 0 Å². The Bertz CT molecular complexity index is 481. The fraction of sp³-hybridized carbons (Fsp3) is 0.909. The molecule has 0 aromatic carbocycles. The zero-order chi connectivity index (χ0) is 21.6. The maximum atomic E-state index is 12.9. The van der Waals surface area contributed by atoms with Crippen LogP contribution in [0, 0.1) is 0 Å². The van der Waals surface area contributed by atoms with Gasteiger partial charge < -0.3 is 24.7 Å². The molecule has 2 amide bonds. The number of rotatable bonds is 8. The minimum Gasteiger partial charge on any atom is -0.360 e. The molecule has 0 bridgehead atoms. The van der Waals surface area contributed by atoms with Crippen LogP contribution in [0.15, 0.2) is 0 Å². The molecule has 0 spiro atoms. The van der Waals surface area contributed by atoms with Crippen LogP contribution in [-0.2, 0) is 14.3 Å². The Morgan fingerprint density at radius 1 is 0.690 bits per heavy atom. The van der Waals surface area contributed by atoms with Gasteiger partial charge in [-0.15, -0.1) is 0 Å². The second kappa shape index (κ2) is 11.3. The molecule has 0 heterocycles. The molecule has 2 saturated carbocycles. The van der Waals surface area contributed by atoms with Crippen molar-refractivity contribution in [3.8, 4) is 0 Å². The van der Waals surface area contributed by atoms with Crippen molar-refractivity contribution in [3.05, 3.63) is 0 Å². The quantitative estimate of drug-likeness (QED) is 0.598. The molecule has 168 valence electrons. The monoisotopic (exact) mass is 412 g/mol. The highest BCUT2D eigenvalue weighted by atomic mass is 16.7. The summed E-state index contributed by atoms with van der Waals surface area (Å²) < 4.78 is 5.15. The summed E-state index contributed by atoms with van der Waals surface area (Å²) >= 11 is 0. The molecule has 2 unspecified atom stereocenters. The largest absolute Gasteiger partial charge is 0.360 e. The molecule has 0 aliphatic heterocycles. The number of carbonyl (C=O) groups is 2. The van der Waals surface area contributed by atoms with E-state index in [0.717, 1.165) is 64.2 Å². The Kier molecular flexibility index (Phi) is 9.37. The van der Waals surface area contributed by atoms with Gasteiger partial charge in [0, 0.05) is 24.2 Å². The van der Waals surface area contributed by atoms with Crippen molar-refractivity contribution in [1.82, 2.24) is 9.80 Å². The molecular weight excluding hydrogens is 372 g/mol. The Labute approximate surface area is 175 Å². The minimum atomic E-state index is -1.85. The first-order valence-electron chi connectivity index (χ1n) is 11.4. The van der Waals surface area contributed by atoms with Gasteiger partial charge in [-0.05, 0) is 53.4 Å². The Balaban J connectivity index is 2.01. The second-order valence-electron chi connectivity index (χ2n) is 9.10. The summed E-state index contributed by atoms with van der Waals surface area (Å²) in [5.74, 6) is -1.15. The first kappa shape index (κ1) is 24.1. The van der Waals surface area contributed by atoms with Crippen LogP contribution in [0.25, 0.3) is 0 Å². The summed E-state index contributed by atoms with van der Waals surface area (Å²) in [6.45, 7) is 7.63. The molecule has 29 heavy (non-hydrogen) atoms. The van der Waals surface area contributed by atoms with Gasteiger partial charge in [0.1, 0.15) is 0 Å². The molecule has 0 saturated heterocycles. The predicted octanol–water partition coefficient (Wildman–Crippen LogP) is 2.78. The van der Waals surface area contributed by atoms with Crippen molar-refractivity contribution in [3.63, 3.8) is 0 Å². The highest BCUT2D eigenvalue weighted by molar-refractivity contribution is 5.82. The van der Waals surface area contributed by atoms with Crippen LogP contribution in [-0.4, -0.2) is 68.6 Å². The summed E-state index contributed by atoms with van der Waals surface area (Å²) in [6.07, 6.45) is 6.48. The number of hydrogen-bond acceptors (Lipinski definition) is 5. The van der Waals surface area contributed by atoms with Gasteiger partial charge in [0.25, 0.3) is 11.8 Å². The van der Waals surface area contributed by atoms with Crippen LogP contribution >= 0.6 is 0 Å². The molecule has 2 rings (SSSR count). The van der Waals surface area contributed by atoms with Gasteiger partial charge in [0.2, 0.25) is 12.6 Å². The number of aliphatic hydroxyl groups excluding tert-OH is 2. The van der Waals surface area contributed by atoms with Crippen LogP contribution in [0.5, 0.6) is 0 Å². The van der Waals surface area contributed by atoms with Gasteiger partial charge in [-0.1, -0.05) is 38.5 Å². The van der Waals surface area contributed by atoms with Crippen molar-refractivity contribution in [2.45, 2.75) is 129 Å². The van der Waals surface area contributed by atoms with Gasteiger partial charge in [0.15, 0.2) is 0 Å². The van der Waals surface area contributed by atoms with Gasteiger partial charge in [-0.2, -0.15) is 0 Å². The summed E-state index contributed by atoms with van der Waals surface area (Å²) in [6, 6.07) is -0.0503. The fourth-order valence-corrected chi connectivity index (χ4v) is 4.92. The van der Waals surface area contributed by atoms with Gasteiger partial charge in [-0.25, -0.2) is 0 Å². The molecule has 0 radical (unpaired) electrons. The lowest BCUT2D eigenvalue weighted by atomic mass is 9.93. The average Bonchev–Trinajstić information content (AvgIpc) is 2.69. The van der Waals surface area contributed by atoms with Crippen LogP contribution < -0.4 is 0 Å². The summed E-state index contributed by atoms with van der Waals surface area (Å²) in [4.78, 5) is 29.0. The van der Waals surface area contributed by atoms with E-state index in [-0.39, 0.29) is 24.2 Å². The minimum absolute atomic E-state index is 0.0664. The molecule has 0 aromatic rings. The summed E-state index contributed by atoms with van der Waals surface area (Å²) in [5.41, 5.74) is 0. The topological polar surface area (TPSA) is 90.3 Å². The molecular formula is C22H40N2O5. The van der Waals surface area contributed by atoms with E-state index < -0.39 is 24.4 Å². The number of aliphatic hydroxyl groups is 2. The third-order valence-electron chi connectivity index (χ3n) is 6.24. The van der Waals surface area contributed by atoms with E-state index in [9.17, 15) is 19.8 Å². The molecule has 7 nitrogen and oxygen atoms in total. The smallest absolute Gasteiger partial charge is 0.279 e. The molecule has 2 atom stereocenters. The van der Waals surface area contributed by atoms with Crippen molar-refractivity contribution in [2.24, 2.45) is 0 Å². The molecule has 2 fully saturated rings. The fourth-order valence-electron chi connectivity index (χ4n) is 4.92. The number of amides is 2. The SMILES string of the molecule is CC(C)N(C(=O)C(O)OC(O)C(=O)N(C(C)C)C1CCCCC1)C1CCCCC1. The van der Waals surface area contributed by atoms with Crippen molar-refractivity contribution in [2.75, 3.05) is 0 Å². The normalized spacial score (nSPS) is 21.2. The molecule has 7 heteroatoms. The first-order valence-corrected chi connectivity index (χ1v) is 11.4. The molecule has 2 aliphatic carbocycles. The average molecular weight is 413 g/mol. The van der Waals surface area contributed by atoms with E-state index in [2.05, 4.69) is 0 Å². The number of carbonyl (C=O) groups excluding carboxylic acids is 2. The van der Waals surface area contributed by atoms with Crippen LogP contribution in [0.2, 0.25) is 0 Å². The van der Waals surface area contributed by atoms with Crippen LogP contribution in [0.3, 0.4) is 0 Å². The van der Waals surface area contributed by atoms with Gasteiger partial charge in [0.05, 0.1) is 0 Å². The highest BCUT2D eigenvalue weighted by Gasteiger charge is 2.37. The maximum absolute atomic E-state index is 12.9. The number of nitrogens with zero attached hydrogens (tertiary/aromatic N) is 2. The Hall–Kier alpha value is -1.18. The zero-order valence-electron chi connectivity index (χ0n) is 18.5. The van der Waals surface area contributed by atoms with E-state index in [1.807, 2.05) is 27.7 Å². The summed E-state index contributed by atoms with van der Waals surface area (Å²) in [5, 5.41) is 20.7. The maximum Gasteiger partial charge on any atom is 0.279 e. The number of ether oxygens (including phenoxy) is 1. The van der Waals surface area contributed by atoms with Gasteiger partial charge in [-0.3, -0.25) is 9.59 Å². The lowest BCUT2D eigenvalue weighted by Gasteiger charge is -2.39. The zero-order valence-corrected chi connectivity index (χ0v) is 18.5. The lowest BCUT2D eigenvalue weighted by Crippen LogP contribution is -2.54. The Morgan fingerprint density at radius 3 is 1.28 bits per heavy atom. The van der Waals surface area contributed by atoms with Gasteiger partial charge >= 0.3 is 0 Å². The van der Waals surface area contributed by atoms with E-state index in [1.54, 1.807) is 9.80 Å². The van der Waals surface area contributed by atoms with E-state index in [4.69, 9.17) is 4.74 Å². The van der Waals surface area contributed by atoms with Crippen molar-refractivity contribution < 1.29 is 24.5 Å².